The molecular formula is C6H3ClN3NaO3S. The topological polar surface area (TPSA) is 106 Å². The molecule has 74 valence electrons. The van der Waals surface area contributed by atoms with Crippen molar-refractivity contribution in [3.63, 3.8) is 0 Å². The van der Waals surface area contributed by atoms with Gasteiger partial charge in [-0.15, -0.1) is 0 Å². The van der Waals surface area contributed by atoms with Gasteiger partial charge in [-0.05, 0) is 17.7 Å². The molecule has 0 heterocycles. The van der Waals surface area contributed by atoms with Crippen molar-refractivity contribution in [2.75, 3.05) is 0 Å². The Balaban J connectivity index is 0.00000196. The fraction of sp³-hybridized carbons (Fsp3) is 0. The maximum atomic E-state index is 10.6. The molecule has 0 unspecified atom stereocenters. The molecule has 1 rings (SSSR count). The van der Waals surface area contributed by atoms with Crippen molar-refractivity contribution < 1.29 is 42.5 Å². The summed E-state index contributed by atoms with van der Waals surface area (Å²) in [6.45, 7) is 0. The number of benzene rings is 1. The van der Waals surface area contributed by atoms with Crippen molar-refractivity contribution in [3.05, 3.63) is 33.7 Å². The third kappa shape index (κ3) is 4.00. The molecule has 9 heteroatoms. The summed E-state index contributed by atoms with van der Waals surface area (Å²) in [7, 11) is -4.64. The molecule has 0 aliphatic rings. The zero-order chi connectivity index (χ0) is 10.8. The van der Waals surface area contributed by atoms with Gasteiger partial charge in [0, 0.05) is 10.6 Å². The van der Waals surface area contributed by atoms with Gasteiger partial charge in [0.25, 0.3) is 0 Å². The summed E-state index contributed by atoms with van der Waals surface area (Å²) in [5.74, 6) is 0. The molecule has 0 fully saturated rings. The summed E-state index contributed by atoms with van der Waals surface area (Å²) in [5, 5.41) is 2.94. The standard InChI is InChI=1S/C6H4ClN3O3S.Na/c7-5-2-1-4(9-10-8)3-6(5)14(11,12)13;/h1-3H,(H,11,12,13);/q;+1/p-1. The molecule has 0 N–H and O–H groups in total. The summed E-state index contributed by atoms with van der Waals surface area (Å²) in [5.41, 5.74) is 8.10. The molecule has 0 bridgehead atoms. The van der Waals surface area contributed by atoms with Crippen LogP contribution in [0.4, 0.5) is 5.69 Å². The van der Waals surface area contributed by atoms with Crippen LogP contribution in [-0.2, 0) is 10.1 Å². The molecule has 6 nitrogen and oxygen atoms in total. The van der Waals surface area contributed by atoms with Gasteiger partial charge in [-0.1, -0.05) is 22.8 Å². The van der Waals surface area contributed by atoms with Crippen molar-refractivity contribution in [1.82, 2.24) is 0 Å². The number of halogens is 1. The van der Waals surface area contributed by atoms with Gasteiger partial charge >= 0.3 is 29.6 Å². The van der Waals surface area contributed by atoms with Gasteiger partial charge in [0.1, 0.15) is 10.1 Å². The van der Waals surface area contributed by atoms with E-state index in [1.54, 1.807) is 0 Å². The Labute approximate surface area is 113 Å². The van der Waals surface area contributed by atoms with E-state index in [4.69, 9.17) is 17.1 Å². The van der Waals surface area contributed by atoms with Crippen LogP contribution in [0.15, 0.2) is 28.2 Å². The van der Waals surface area contributed by atoms with Gasteiger partial charge in [0.15, 0.2) is 0 Å². The Morgan fingerprint density at radius 1 is 1.47 bits per heavy atom. The summed E-state index contributed by atoms with van der Waals surface area (Å²) in [6, 6.07) is 3.40. The fourth-order valence-corrected chi connectivity index (χ4v) is 1.77. The van der Waals surface area contributed by atoms with E-state index in [-0.39, 0.29) is 40.3 Å². The van der Waals surface area contributed by atoms with Gasteiger partial charge in [0.2, 0.25) is 0 Å². The molecule has 15 heavy (non-hydrogen) atoms. The molecule has 1 aromatic rings. The Morgan fingerprint density at radius 2 is 2.07 bits per heavy atom. The molecule has 0 saturated carbocycles. The summed E-state index contributed by atoms with van der Waals surface area (Å²) in [4.78, 5) is 1.85. The number of hydrogen-bond donors (Lipinski definition) is 0. The minimum absolute atomic E-state index is 0. The van der Waals surface area contributed by atoms with E-state index >= 15 is 0 Å². The van der Waals surface area contributed by atoms with Gasteiger partial charge in [-0.2, -0.15) is 0 Å². The van der Waals surface area contributed by atoms with Crippen LogP contribution in [0.2, 0.25) is 5.02 Å². The predicted molar refractivity (Wildman–Crippen MR) is 48.2 cm³/mol. The second kappa shape index (κ2) is 5.72. The van der Waals surface area contributed by atoms with Crippen molar-refractivity contribution in [1.29, 1.82) is 0 Å². The molecule has 0 radical (unpaired) electrons. The van der Waals surface area contributed by atoms with Crippen LogP contribution in [0, 0.1) is 0 Å². The van der Waals surface area contributed by atoms with E-state index in [0.717, 1.165) is 6.07 Å². The summed E-state index contributed by atoms with van der Waals surface area (Å²) in [6.07, 6.45) is 0. The van der Waals surface area contributed by atoms with Crippen molar-refractivity contribution in [2.24, 2.45) is 5.11 Å². The first-order valence-electron chi connectivity index (χ1n) is 3.25. The van der Waals surface area contributed by atoms with E-state index in [9.17, 15) is 13.0 Å². The zero-order valence-electron chi connectivity index (χ0n) is 7.58. The molecule has 0 amide bonds. The number of hydrogen-bond acceptors (Lipinski definition) is 4. The summed E-state index contributed by atoms with van der Waals surface area (Å²) >= 11 is 5.47. The molecule has 1 aromatic carbocycles. The first kappa shape index (κ1) is 14.7. The van der Waals surface area contributed by atoms with Crippen molar-refractivity contribution in [2.45, 2.75) is 4.90 Å². The Bertz CT molecular complexity index is 512. The second-order valence-electron chi connectivity index (χ2n) is 2.26. The van der Waals surface area contributed by atoms with Gasteiger partial charge < -0.3 is 4.55 Å². The largest absolute Gasteiger partial charge is 1.00 e. The maximum Gasteiger partial charge on any atom is 1.00 e. The molecular weight excluding hydrogens is 253 g/mol. The molecule has 0 atom stereocenters. The average molecular weight is 256 g/mol. The Kier molecular flexibility index (Phi) is 5.61. The molecule has 0 spiro atoms. The van der Waals surface area contributed by atoms with Gasteiger partial charge in [0.05, 0.1) is 9.92 Å². The number of rotatable bonds is 2. The van der Waals surface area contributed by atoms with E-state index in [2.05, 4.69) is 10.0 Å². The summed E-state index contributed by atoms with van der Waals surface area (Å²) < 4.78 is 31.9. The third-order valence-corrected chi connectivity index (χ3v) is 2.66. The minimum Gasteiger partial charge on any atom is -0.744 e. The predicted octanol–water partition coefficient (Wildman–Crippen LogP) is -0.810. The average Bonchev–Trinajstić information content (AvgIpc) is 2.07. The van der Waals surface area contributed by atoms with Crippen LogP contribution in [0.5, 0.6) is 0 Å². The van der Waals surface area contributed by atoms with Crippen molar-refractivity contribution >= 4 is 27.4 Å². The zero-order valence-corrected chi connectivity index (χ0v) is 11.2. The Morgan fingerprint density at radius 3 is 2.53 bits per heavy atom. The van der Waals surface area contributed by atoms with Crippen LogP contribution < -0.4 is 29.6 Å². The fourth-order valence-electron chi connectivity index (χ4n) is 0.797. The minimum atomic E-state index is -4.64. The first-order chi connectivity index (χ1) is 6.45. The van der Waals surface area contributed by atoms with E-state index in [0.29, 0.717) is 0 Å². The van der Waals surface area contributed by atoms with E-state index < -0.39 is 15.0 Å². The smallest absolute Gasteiger partial charge is 0.744 e. The molecule has 0 aromatic heterocycles. The van der Waals surface area contributed by atoms with Crippen molar-refractivity contribution in [3.8, 4) is 0 Å². The second-order valence-corrected chi connectivity index (χ2v) is 4.01. The van der Waals surface area contributed by atoms with Crippen LogP contribution in [0.1, 0.15) is 0 Å². The van der Waals surface area contributed by atoms with Crippen LogP contribution in [-0.4, -0.2) is 13.0 Å². The first-order valence-corrected chi connectivity index (χ1v) is 5.04. The van der Waals surface area contributed by atoms with E-state index in [1.165, 1.54) is 12.1 Å². The molecule has 0 aliphatic heterocycles. The SMILES string of the molecule is [N-]=[N+]=Nc1ccc(Cl)c(S(=O)(=O)[O-])c1.[Na+]. The number of azide groups is 1. The van der Waals surface area contributed by atoms with E-state index in [1.807, 2.05) is 0 Å². The number of nitrogens with zero attached hydrogens (tertiary/aromatic N) is 3. The third-order valence-electron chi connectivity index (χ3n) is 1.34. The molecule has 0 aliphatic carbocycles. The normalized spacial score (nSPS) is 10.0. The molecule has 0 saturated heterocycles. The van der Waals surface area contributed by atoms with Crippen LogP contribution >= 0.6 is 11.6 Å². The Hall–Kier alpha value is -0.270. The quantitative estimate of drug-likeness (QED) is 0.227. The van der Waals surface area contributed by atoms with Crippen LogP contribution in [0.3, 0.4) is 0 Å². The maximum absolute atomic E-state index is 10.6. The van der Waals surface area contributed by atoms with Crippen LogP contribution in [0.25, 0.3) is 10.4 Å². The monoisotopic (exact) mass is 255 g/mol. The van der Waals surface area contributed by atoms with Gasteiger partial charge in [-0.25, -0.2) is 8.42 Å². The van der Waals surface area contributed by atoms with Gasteiger partial charge in [-0.3, -0.25) is 0 Å².